The second kappa shape index (κ2) is 7.84. The van der Waals surface area contributed by atoms with Crippen molar-refractivity contribution in [3.8, 4) is 0 Å². The Kier molecular flexibility index (Phi) is 5.49. The van der Waals surface area contributed by atoms with E-state index < -0.39 is 17.9 Å². The van der Waals surface area contributed by atoms with Crippen LogP contribution in [0.5, 0.6) is 0 Å². The molecule has 2 aromatic rings. The maximum absolute atomic E-state index is 13.1. The summed E-state index contributed by atoms with van der Waals surface area (Å²) in [6.07, 6.45) is 0.658. The third-order valence-corrected chi connectivity index (χ3v) is 5.21. The first-order chi connectivity index (χ1) is 13.3. The zero-order chi connectivity index (χ0) is 20.4. The fraction of sp³-hybridized carbons (Fsp3) is 0.318. The summed E-state index contributed by atoms with van der Waals surface area (Å²) in [6, 6.07) is 13.2. The van der Waals surface area contributed by atoms with Crippen LogP contribution in [-0.2, 0) is 4.79 Å². The number of fused-ring (bicyclic) bond motifs is 1. The molecule has 0 saturated carbocycles. The van der Waals surface area contributed by atoms with Gasteiger partial charge >= 0.3 is 0 Å². The lowest BCUT2D eigenvalue weighted by Crippen LogP contribution is -2.50. The van der Waals surface area contributed by atoms with E-state index in [0.717, 1.165) is 10.6 Å². The quantitative estimate of drug-likeness (QED) is 0.781. The number of hydrogen-bond donors (Lipinski definition) is 1. The SMILES string of the molecule is CCC(C)C(C(=O)Nc1ccc(N(C)C)cc1)N1C(=O)c2ccccc2C1=O. The molecule has 1 aliphatic heterocycles. The Labute approximate surface area is 165 Å². The van der Waals surface area contributed by atoms with E-state index in [0.29, 0.717) is 23.2 Å². The first-order valence-electron chi connectivity index (χ1n) is 9.40. The predicted molar refractivity (Wildman–Crippen MR) is 110 cm³/mol. The second-order valence-electron chi connectivity index (χ2n) is 7.29. The maximum Gasteiger partial charge on any atom is 0.262 e. The molecule has 0 aliphatic carbocycles. The molecule has 0 aromatic heterocycles. The third-order valence-electron chi connectivity index (χ3n) is 5.21. The summed E-state index contributed by atoms with van der Waals surface area (Å²) in [7, 11) is 3.88. The average Bonchev–Trinajstić information content (AvgIpc) is 2.94. The van der Waals surface area contributed by atoms with Gasteiger partial charge in [-0.25, -0.2) is 0 Å². The number of anilines is 2. The minimum atomic E-state index is -0.870. The minimum Gasteiger partial charge on any atom is -0.378 e. The van der Waals surface area contributed by atoms with Crippen LogP contribution >= 0.6 is 0 Å². The standard InChI is InChI=1S/C22H25N3O3/c1-5-14(2)19(20(26)23-15-10-12-16(13-11-15)24(3)4)25-21(27)17-8-6-7-9-18(17)22(25)28/h6-14,19H,5H2,1-4H3,(H,23,26). The zero-order valence-corrected chi connectivity index (χ0v) is 16.6. The van der Waals surface area contributed by atoms with E-state index in [1.54, 1.807) is 24.3 Å². The van der Waals surface area contributed by atoms with Crippen LogP contribution in [0.1, 0.15) is 41.0 Å². The molecule has 146 valence electrons. The Morgan fingerprint density at radius 1 is 1.00 bits per heavy atom. The van der Waals surface area contributed by atoms with E-state index in [1.807, 2.05) is 57.1 Å². The number of imide groups is 1. The Morgan fingerprint density at radius 3 is 2.00 bits per heavy atom. The van der Waals surface area contributed by atoms with Gasteiger partial charge in [0.1, 0.15) is 6.04 Å². The van der Waals surface area contributed by atoms with Gasteiger partial charge in [0.05, 0.1) is 11.1 Å². The Bertz CT molecular complexity index is 870. The smallest absolute Gasteiger partial charge is 0.262 e. The van der Waals surface area contributed by atoms with Gasteiger partial charge in [0.25, 0.3) is 11.8 Å². The van der Waals surface area contributed by atoms with Gasteiger partial charge in [-0.15, -0.1) is 0 Å². The Balaban J connectivity index is 1.88. The summed E-state index contributed by atoms with van der Waals surface area (Å²) >= 11 is 0. The van der Waals surface area contributed by atoms with Crippen molar-refractivity contribution in [2.24, 2.45) is 5.92 Å². The molecular weight excluding hydrogens is 354 g/mol. The summed E-state index contributed by atoms with van der Waals surface area (Å²) in [6.45, 7) is 3.82. The van der Waals surface area contributed by atoms with E-state index in [-0.39, 0.29) is 11.8 Å². The van der Waals surface area contributed by atoms with Crippen LogP contribution < -0.4 is 10.2 Å². The lowest BCUT2D eigenvalue weighted by atomic mass is 9.96. The van der Waals surface area contributed by atoms with Crippen LogP contribution in [0.15, 0.2) is 48.5 Å². The Hall–Kier alpha value is -3.15. The minimum absolute atomic E-state index is 0.178. The van der Waals surface area contributed by atoms with Crippen LogP contribution in [0.4, 0.5) is 11.4 Å². The van der Waals surface area contributed by atoms with Crippen molar-refractivity contribution in [3.63, 3.8) is 0 Å². The van der Waals surface area contributed by atoms with E-state index in [2.05, 4.69) is 5.32 Å². The molecule has 0 fully saturated rings. The van der Waals surface area contributed by atoms with Crippen molar-refractivity contribution in [1.82, 2.24) is 4.90 Å². The molecule has 1 heterocycles. The largest absolute Gasteiger partial charge is 0.378 e. The maximum atomic E-state index is 13.1. The van der Waals surface area contributed by atoms with Crippen molar-refractivity contribution < 1.29 is 14.4 Å². The van der Waals surface area contributed by atoms with Crippen LogP contribution in [-0.4, -0.2) is 42.8 Å². The lowest BCUT2D eigenvalue weighted by Gasteiger charge is -2.29. The normalized spacial score (nSPS) is 15.2. The number of benzene rings is 2. The van der Waals surface area contributed by atoms with Gasteiger partial charge in [0, 0.05) is 25.5 Å². The van der Waals surface area contributed by atoms with Gasteiger partial charge in [0.15, 0.2) is 0 Å². The average molecular weight is 379 g/mol. The summed E-state index contributed by atoms with van der Waals surface area (Å²) < 4.78 is 0. The molecule has 3 rings (SSSR count). The highest BCUT2D eigenvalue weighted by Gasteiger charge is 2.44. The fourth-order valence-electron chi connectivity index (χ4n) is 3.37. The van der Waals surface area contributed by atoms with Crippen molar-refractivity contribution in [2.75, 3.05) is 24.3 Å². The molecule has 28 heavy (non-hydrogen) atoms. The molecule has 1 N–H and O–H groups in total. The van der Waals surface area contributed by atoms with E-state index in [4.69, 9.17) is 0 Å². The number of carbonyl (C=O) groups is 3. The number of amides is 3. The molecule has 0 spiro atoms. The van der Waals surface area contributed by atoms with E-state index >= 15 is 0 Å². The summed E-state index contributed by atoms with van der Waals surface area (Å²) in [4.78, 5) is 41.9. The first-order valence-corrected chi connectivity index (χ1v) is 9.40. The molecule has 6 nitrogen and oxygen atoms in total. The molecule has 2 atom stereocenters. The molecule has 1 aliphatic rings. The highest BCUT2D eigenvalue weighted by molar-refractivity contribution is 6.23. The number of nitrogens with zero attached hydrogens (tertiary/aromatic N) is 2. The highest BCUT2D eigenvalue weighted by atomic mass is 16.2. The number of carbonyl (C=O) groups excluding carboxylic acids is 3. The first kappa shape index (κ1) is 19.6. The number of nitrogens with one attached hydrogen (secondary N) is 1. The van der Waals surface area contributed by atoms with Crippen LogP contribution in [0.3, 0.4) is 0 Å². The van der Waals surface area contributed by atoms with Gasteiger partial charge in [-0.1, -0.05) is 32.4 Å². The third kappa shape index (κ3) is 3.50. The van der Waals surface area contributed by atoms with Crippen molar-refractivity contribution >= 4 is 29.1 Å². The van der Waals surface area contributed by atoms with Gasteiger partial charge in [-0.2, -0.15) is 0 Å². The van der Waals surface area contributed by atoms with Crippen LogP contribution in [0.25, 0.3) is 0 Å². The van der Waals surface area contributed by atoms with Crippen LogP contribution in [0, 0.1) is 5.92 Å². The highest BCUT2D eigenvalue weighted by Crippen LogP contribution is 2.29. The number of rotatable bonds is 6. The summed E-state index contributed by atoms with van der Waals surface area (Å²) in [5.41, 5.74) is 2.34. The Morgan fingerprint density at radius 2 is 1.54 bits per heavy atom. The molecule has 0 bridgehead atoms. The van der Waals surface area contributed by atoms with Crippen molar-refractivity contribution in [1.29, 1.82) is 0 Å². The molecule has 0 saturated heterocycles. The van der Waals surface area contributed by atoms with E-state index in [1.165, 1.54) is 0 Å². The van der Waals surface area contributed by atoms with Crippen LogP contribution in [0.2, 0.25) is 0 Å². The number of hydrogen-bond acceptors (Lipinski definition) is 4. The fourth-order valence-corrected chi connectivity index (χ4v) is 3.37. The van der Waals surface area contributed by atoms with Gasteiger partial charge in [-0.3, -0.25) is 19.3 Å². The zero-order valence-electron chi connectivity index (χ0n) is 16.6. The second-order valence-corrected chi connectivity index (χ2v) is 7.29. The lowest BCUT2D eigenvalue weighted by molar-refractivity contribution is -0.121. The summed E-state index contributed by atoms with van der Waals surface area (Å²) in [5.74, 6) is -1.36. The van der Waals surface area contributed by atoms with Gasteiger partial charge in [-0.05, 0) is 42.3 Å². The molecule has 3 amide bonds. The van der Waals surface area contributed by atoms with Crippen molar-refractivity contribution in [3.05, 3.63) is 59.7 Å². The monoisotopic (exact) mass is 379 g/mol. The van der Waals surface area contributed by atoms with E-state index in [9.17, 15) is 14.4 Å². The molecule has 2 unspecified atom stereocenters. The topological polar surface area (TPSA) is 69.7 Å². The predicted octanol–water partition coefficient (Wildman–Crippen LogP) is 3.40. The molecular formula is C22H25N3O3. The van der Waals surface area contributed by atoms with Gasteiger partial charge < -0.3 is 10.2 Å². The molecule has 0 radical (unpaired) electrons. The van der Waals surface area contributed by atoms with Gasteiger partial charge in [0.2, 0.25) is 5.91 Å². The molecule has 6 heteroatoms. The van der Waals surface area contributed by atoms with Crippen molar-refractivity contribution in [2.45, 2.75) is 26.3 Å². The summed E-state index contributed by atoms with van der Waals surface area (Å²) in [5, 5.41) is 2.86. The molecule has 2 aromatic carbocycles.